The number of hydrogen-bond donors (Lipinski definition) is 1. The van der Waals surface area contributed by atoms with Crippen molar-refractivity contribution in [1.29, 1.82) is 0 Å². The molecule has 0 saturated carbocycles. The molecule has 1 aliphatic rings. The summed E-state index contributed by atoms with van der Waals surface area (Å²) in [5.74, 6) is 0.0807. The fraction of sp³-hybridized carbons (Fsp3) is 0.714. The molecule has 3 heteroatoms. The summed E-state index contributed by atoms with van der Waals surface area (Å²) >= 11 is 0. The van der Waals surface area contributed by atoms with Gasteiger partial charge in [0.15, 0.2) is 0 Å². The zero-order chi connectivity index (χ0) is 12.9. The minimum Gasteiger partial charge on any atom is -0.351 e. The molecular formula is C14H23NO2. The first kappa shape index (κ1) is 13.9. The van der Waals surface area contributed by atoms with Crippen molar-refractivity contribution in [2.24, 2.45) is 5.92 Å². The number of rotatable bonds is 2. The Bertz CT molecular complexity index is 313. The molecule has 0 fully saturated rings. The molecule has 1 aliphatic carbocycles. The standard InChI is InChI=1S/C14H23NO2/c1-14(2,3)15-13(17)10-11-8-6-4-5-7-9-12(11)16/h4,6,11H,5,7-10H2,1-3H3,(H,15,17)/b6-4+. The molecule has 3 nitrogen and oxygen atoms in total. The Morgan fingerprint density at radius 1 is 1.41 bits per heavy atom. The highest BCUT2D eigenvalue weighted by Crippen LogP contribution is 2.18. The van der Waals surface area contributed by atoms with Crippen molar-refractivity contribution in [3.63, 3.8) is 0 Å². The Morgan fingerprint density at radius 2 is 2.12 bits per heavy atom. The van der Waals surface area contributed by atoms with Crippen LogP contribution in [-0.4, -0.2) is 17.2 Å². The topological polar surface area (TPSA) is 46.2 Å². The van der Waals surface area contributed by atoms with Crippen LogP contribution in [0.15, 0.2) is 12.2 Å². The van der Waals surface area contributed by atoms with E-state index in [-0.39, 0.29) is 23.1 Å². The monoisotopic (exact) mass is 237 g/mol. The molecule has 0 radical (unpaired) electrons. The Morgan fingerprint density at radius 3 is 2.76 bits per heavy atom. The molecule has 1 atom stereocenters. The highest BCUT2D eigenvalue weighted by atomic mass is 16.2. The van der Waals surface area contributed by atoms with Crippen LogP contribution >= 0.6 is 0 Å². The summed E-state index contributed by atoms with van der Waals surface area (Å²) in [5, 5.41) is 2.91. The third-order valence-corrected chi connectivity index (χ3v) is 2.78. The molecular weight excluding hydrogens is 214 g/mol. The van der Waals surface area contributed by atoms with Gasteiger partial charge in [0.2, 0.25) is 5.91 Å². The zero-order valence-electron chi connectivity index (χ0n) is 11.1. The van der Waals surface area contributed by atoms with Gasteiger partial charge in [-0.2, -0.15) is 0 Å². The van der Waals surface area contributed by atoms with E-state index in [1.165, 1.54) is 0 Å². The van der Waals surface area contributed by atoms with Gasteiger partial charge in [0.05, 0.1) is 0 Å². The molecule has 1 N–H and O–H groups in total. The van der Waals surface area contributed by atoms with Crippen LogP contribution in [0.5, 0.6) is 0 Å². The Hall–Kier alpha value is -1.12. The molecule has 96 valence electrons. The second kappa shape index (κ2) is 5.99. The average Bonchev–Trinajstić information content (AvgIpc) is 2.15. The predicted octanol–water partition coefficient (Wildman–Crippen LogP) is 2.61. The van der Waals surface area contributed by atoms with Crippen molar-refractivity contribution in [2.75, 3.05) is 0 Å². The molecule has 0 saturated heterocycles. The van der Waals surface area contributed by atoms with Gasteiger partial charge >= 0.3 is 0 Å². The fourth-order valence-corrected chi connectivity index (χ4v) is 2.00. The number of allylic oxidation sites excluding steroid dienone is 2. The van der Waals surface area contributed by atoms with Crippen LogP contribution in [0.1, 0.15) is 52.9 Å². The van der Waals surface area contributed by atoms with Crippen LogP contribution in [0.4, 0.5) is 0 Å². The lowest BCUT2D eigenvalue weighted by atomic mass is 9.90. The molecule has 0 bridgehead atoms. The van der Waals surface area contributed by atoms with Crippen LogP contribution in [0, 0.1) is 5.92 Å². The quantitative estimate of drug-likeness (QED) is 0.750. The zero-order valence-corrected chi connectivity index (χ0v) is 11.1. The van der Waals surface area contributed by atoms with E-state index in [2.05, 4.69) is 11.4 Å². The summed E-state index contributed by atoms with van der Waals surface area (Å²) in [6.45, 7) is 5.85. The molecule has 0 aliphatic heterocycles. The summed E-state index contributed by atoms with van der Waals surface area (Å²) in [5.41, 5.74) is -0.225. The number of hydrogen-bond acceptors (Lipinski definition) is 2. The minimum atomic E-state index is -0.225. The first-order valence-corrected chi connectivity index (χ1v) is 6.37. The van der Waals surface area contributed by atoms with Gasteiger partial charge in [-0.3, -0.25) is 9.59 Å². The summed E-state index contributed by atoms with van der Waals surface area (Å²) in [4.78, 5) is 23.6. The fourth-order valence-electron chi connectivity index (χ4n) is 2.00. The molecule has 0 aromatic heterocycles. The van der Waals surface area contributed by atoms with Gasteiger partial charge in [-0.05, 0) is 40.0 Å². The third-order valence-electron chi connectivity index (χ3n) is 2.78. The SMILES string of the molecule is CC(C)(C)NC(=O)CC1C/C=C/CCCC1=O. The first-order chi connectivity index (χ1) is 7.88. The maximum atomic E-state index is 11.9. The number of nitrogens with one attached hydrogen (secondary N) is 1. The van der Waals surface area contributed by atoms with E-state index in [0.717, 1.165) is 12.8 Å². The second-order valence-electron chi connectivity index (χ2n) is 5.76. The smallest absolute Gasteiger partial charge is 0.221 e. The van der Waals surface area contributed by atoms with Gasteiger partial charge in [-0.1, -0.05) is 12.2 Å². The molecule has 1 amide bonds. The molecule has 0 heterocycles. The molecule has 0 aromatic carbocycles. The van der Waals surface area contributed by atoms with E-state index in [9.17, 15) is 9.59 Å². The van der Waals surface area contributed by atoms with E-state index >= 15 is 0 Å². The molecule has 0 spiro atoms. The lowest BCUT2D eigenvalue weighted by molar-refractivity contribution is -0.129. The van der Waals surface area contributed by atoms with Gasteiger partial charge in [0.1, 0.15) is 5.78 Å². The third kappa shape index (κ3) is 5.66. The predicted molar refractivity (Wildman–Crippen MR) is 68.6 cm³/mol. The molecule has 0 aromatic rings. The van der Waals surface area contributed by atoms with Crippen molar-refractivity contribution >= 4 is 11.7 Å². The van der Waals surface area contributed by atoms with Gasteiger partial charge in [-0.15, -0.1) is 0 Å². The number of amides is 1. The van der Waals surface area contributed by atoms with E-state index in [4.69, 9.17) is 0 Å². The van der Waals surface area contributed by atoms with Crippen LogP contribution in [0.3, 0.4) is 0 Å². The van der Waals surface area contributed by atoms with Crippen molar-refractivity contribution in [2.45, 2.75) is 58.4 Å². The maximum Gasteiger partial charge on any atom is 0.221 e. The van der Waals surface area contributed by atoms with E-state index in [1.54, 1.807) is 0 Å². The summed E-state index contributed by atoms with van der Waals surface area (Å²) in [7, 11) is 0. The van der Waals surface area contributed by atoms with Crippen molar-refractivity contribution in [3.05, 3.63) is 12.2 Å². The largest absolute Gasteiger partial charge is 0.351 e. The van der Waals surface area contributed by atoms with Crippen molar-refractivity contribution < 1.29 is 9.59 Å². The van der Waals surface area contributed by atoms with Crippen LogP contribution < -0.4 is 5.32 Å². The highest BCUT2D eigenvalue weighted by Gasteiger charge is 2.23. The average molecular weight is 237 g/mol. The maximum absolute atomic E-state index is 11.9. The van der Waals surface area contributed by atoms with Gasteiger partial charge in [-0.25, -0.2) is 0 Å². The van der Waals surface area contributed by atoms with Crippen LogP contribution in [0.2, 0.25) is 0 Å². The molecule has 1 rings (SSSR count). The van der Waals surface area contributed by atoms with Crippen LogP contribution in [0.25, 0.3) is 0 Å². The van der Waals surface area contributed by atoms with Crippen molar-refractivity contribution in [3.8, 4) is 0 Å². The van der Waals surface area contributed by atoms with Gasteiger partial charge in [0, 0.05) is 24.3 Å². The number of carbonyl (C=O) groups is 2. The summed E-state index contributed by atoms with van der Waals surface area (Å²) < 4.78 is 0. The lowest BCUT2D eigenvalue weighted by Gasteiger charge is -2.22. The first-order valence-electron chi connectivity index (χ1n) is 6.37. The molecule has 1 unspecified atom stereocenters. The Labute approximate surface area is 104 Å². The minimum absolute atomic E-state index is 0.0233. The number of ketones is 1. The summed E-state index contributed by atoms with van der Waals surface area (Å²) in [6.07, 6.45) is 7.67. The van der Waals surface area contributed by atoms with Crippen LogP contribution in [-0.2, 0) is 9.59 Å². The normalized spacial score (nSPS) is 23.7. The molecule has 17 heavy (non-hydrogen) atoms. The lowest BCUT2D eigenvalue weighted by Crippen LogP contribution is -2.41. The van der Waals surface area contributed by atoms with E-state index in [1.807, 2.05) is 26.8 Å². The Balaban J connectivity index is 2.53. The number of Topliss-reactive ketones (excluding diaryl/α,β-unsaturated/α-hetero) is 1. The van der Waals surface area contributed by atoms with Gasteiger partial charge < -0.3 is 5.32 Å². The van der Waals surface area contributed by atoms with Gasteiger partial charge in [0.25, 0.3) is 0 Å². The number of carbonyl (C=O) groups excluding carboxylic acids is 2. The van der Waals surface area contributed by atoms with E-state index in [0.29, 0.717) is 19.3 Å². The summed E-state index contributed by atoms with van der Waals surface area (Å²) in [6, 6.07) is 0. The van der Waals surface area contributed by atoms with Crippen molar-refractivity contribution in [1.82, 2.24) is 5.32 Å². The second-order valence-corrected chi connectivity index (χ2v) is 5.76. The highest BCUT2D eigenvalue weighted by molar-refractivity contribution is 5.87. The van der Waals surface area contributed by atoms with E-state index < -0.39 is 0 Å². The Kier molecular flexibility index (Phi) is 4.91.